The van der Waals surface area contributed by atoms with Gasteiger partial charge in [-0.05, 0) is 31.4 Å². The molecule has 1 aromatic carbocycles. The molecule has 1 aromatic heterocycles. The number of carbonyl (C=O) groups excluding carboxylic acids is 1. The van der Waals surface area contributed by atoms with Gasteiger partial charge in [0.2, 0.25) is 0 Å². The van der Waals surface area contributed by atoms with E-state index in [-0.39, 0.29) is 11.9 Å². The summed E-state index contributed by atoms with van der Waals surface area (Å²) in [6.45, 7) is 4.60. The van der Waals surface area contributed by atoms with Crippen LogP contribution in [0.5, 0.6) is 11.5 Å². The van der Waals surface area contributed by atoms with Crippen molar-refractivity contribution in [1.82, 2.24) is 14.5 Å². The molecule has 0 spiro atoms. The zero-order valence-electron chi connectivity index (χ0n) is 17.0. The fourth-order valence-corrected chi connectivity index (χ4v) is 3.67. The fraction of sp³-hybridized carbons (Fsp3) is 0.524. The first kappa shape index (κ1) is 20.0. The van der Waals surface area contributed by atoms with E-state index in [4.69, 9.17) is 9.47 Å². The van der Waals surface area contributed by atoms with Crippen LogP contribution in [-0.2, 0) is 6.54 Å². The highest BCUT2D eigenvalue weighted by atomic mass is 16.5. The number of carbonyl (C=O) groups is 1. The zero-order valence-corrected chi connectivity index (χ0v) is 17.0. The first-order chi connectivity index (χ1) is 13.7. The van der Waals surface area contributed by atoms with Crippen LogP contribution < -0.4 is 14.8 Å². The third kappa shape index (κ3) is 4.58. The molecule has 0 radical (unpaired) electrons. The minimum Gasteiger partial charge on any atom is -0.497 e. The number of likely N-dealkylation sites (tertiary alicyclic amines) is 1. The van der Waals surface area contributed by atoms with Crippen LogP contribution in [0.25, 0.3) is 0 Å². The van der Waals surface area contributed by atoms with Gasteiger partial charge in [-0.2, -0.15) is 0 Å². The second-order valence-electron chi connectivity index (χ2n) is 7.11. The number of amides is 2. The average Bonchev–Trinajstić information content (AvgIpc) is 3.21. The van der Waals surface area contributed by atoms with Crippen LogP contribution in [-0.4, -0.2) is 47.8 Å². The standard InChI is InChI=1S/C21H30N4O3/c1-4-5-11-24-13-10-22-20(24)16-7-6-12-25(15-16)21(26)23-18-9-8-17(27-2)14-19(18)28-3/h8-10,13-14,16H,4-7,11-12,15H2,1-3H3,(H,23,26). The van der Waals surface area contributed by atoms with E-state index in [1.165, 1.54) is 0 Å². The van der Waals surface area contributed by atoms with Gasteiger partial charge < -0.3 is 24.3 Å². The van der Waals surface area contributed by atoms with Gasteiger partial charge in [0.05, 0.1) is 19.9 Å². The van der Waals surface area contributed by atoms with Crippen LogP contribution in [0.2, 0.25) is 0 Å². The number of hydrogen-bond acceptors (Lipinski definition) is 4. The SMILES string of the molecule is CCCCn1ccnc1C1CCCN(C(=O)Nc2ccc(OC)cc2OC)C1. The summed E-state index contributed by atoms with van der Waals surface area (Å²) in [5, 5.41) is 2.98. The van der Waals surface area contributed by atoms with Crippen molar-refractivity contribution in [1.29, 1.82) is 0 Å². The largest absolute Gasteiger partial charge is 0.497 e. The number of piperidine rings is 1. The monoisotopic (exact) mass is 386 g/mol. The number of nitrogens with one attached hydrogen (secondary N) is 1. The molecule has 0 aliphatic carbocycles. The van der Waals surface area contributed by atoms with Crippen molar-refractivity contribution in [3.05, 3.63) is 36.4 Å². The number of aryl methyl sites for hydroxylation is 1. The van der Waals surface area contributed by atoms with E-state index in [0.717, 1.165) is 44.6 Å². The maximum Gasteiger partial charge on any atom is 0.321 e. The smallest absolute Gasteiger partial charge is 0.321 e. The van der Waals surface area contributed by atoms with E-state index in [1.807, 2.05) is 23.4 Å². The molecule has 2 aromatic rings. The predicted octanol–water partition coefficient (Wildman–Crippen LogP) is 4.11. The molecule has 1 saturated heterocycles. The lowest BCUT2D eigenvalue weighted by Gasteiger charge is -2.32. The van der Waals surface area contributed by atoms with Crippen LogP contribution in [0.15, 0.2) is 30.6 Å². The number of nitrogens with zero attached hydrogens (tertiary/aromatic N) is 3. The predicted molar refractivity (Wildman–Crippen MR) is 109 cm³/mol. The van der Waals surface area contributed by atoms with Gasteiger partial charge in [-0.25, -0.2) is 9.78 Å². The summed E-state index contributed by atoms with van der Waals surface area (Å²) in [5.41, 5.74) is 0.639. The Labute approximate surface area is 166 Å². The molecule has 2 amide bonds. The molecular formula is C21H30N4O3. The van der Waals surface area contributed by atoms with Crippen molar-refractivity contribution in [3.8, 4) is 11.5 Å². The van der Waals surface area contributed by atoms with Crippen LogP contribution in [0.3, 0.4) is 0 Å². The fourth-order valence-electron chi connectivity index (χ4n) is 3.67. The molecule has 28 heavy (non-hydrogen) atoms. The molecule has 1 aliphatic rings. The van der Waals surface area contributed by atoms with Gasteiger partial charge in [0.1, 0.15) is 17.3 Å². The summed E-state index contributed by atoms with van der Waals surface area (Å²) >= 11 is 0. The van der Waals surface area contributed by atoms with Gasteiger partial charge >= 0.3 is 6.03 Å². The number of ether oxygens (including phenoxy) is 2. The van der Waals surface area contributed by atoms with E-state index in [0.29, 0.717) is 23.7 Å². The maximum absolute atomic E-state index is 12.9. The summed E-state index contributed by atoms with van der Waals surface area (Å²) in [6, 6.07) is 5.26. The topological polar surface area (TPSA) is 68.6 Å². The number of unbranched alkanes of at least 4 members (excludes halogenated alkanes) is 1. The Morgan fingerprint density at radius 1 is 1.32 bits per heavy atom. The Hall–Kier alpha value is -2.70. The molecule has 1 aliphatic heterocycles. The minimum absolute atomic E-state index is 0.111. The van der Waals surface area contributed by atoms with Crippen LogP contribution in [0, 0.1) is 0 Å². The molecule has 0 bridgehead atoms. The molecule has 152 valence electrons. The average molecular weight is 386 g/mol. The lowest BCUT2D eigenvalue weighted by Crippen LogP contribution is -2.42. The normalized spacial score (nSPS) is 16.7. The second-order valence-corrected chi connectivity index (χ2v) is 7.11. The van der Waals surface area contributed by atoms with Gasteiger partial charge in [0, 0.05) is 44.0 Å². The molecule has 1 fully saturated rings. The molecule has 7 heteroatoms. The Morgan fingerprint density at radius 2 is 2.18 bits per heavy atom. The Kier molecular flexibility index (Phi) is 6.79. The first-order valence-corrected chi connectivity index (χ1v) is 9.95. The number of methoxy groups -OCH3 is 2. The Balaban J connectivity index is 1.67. The van der Waals surface area contributed by atoms with Gasteiger partial charge in [-0.3, -0.25) is 0 Å². The van der Waals surface area contributed by atoms with Crippen molar-refractivity contribution in [2.24, 2.45) is 0 Å². The van der Waals surface area contributed by atoms with Crippen LogP contribution in [0.1, 0.15) is 44.3 Å². The maximum atomic E-state index is 12.9. The highest BCUT2D eigenvalue weighted by Crippen LogP contribution is 2.30. The number of hydrogen-bond donors (Lipinski definition) is 1. The third-order valence-electron chi connectivity index (χ3n) is 5.22. The highest BCUT2D eigenvalue weighted by Gasteiger charge is 2.27. The first-order valence-electron chi connectivity index (χ1n) is 9.95. The van der Waals surface area contributed by atoms with Gasteiger partial charge in [-0.15, -0.1) is 0 Å². The van der Waals surface area contributed by atoms with Crippen molar-refractivity contribution < 1.29 is 14.3 Å². The number of urea groups is 1. The highest BCUT2D eigenvalue weighted by molar-refractivity contribution is 5.91. The minimum atomic E-state index is -0.111. The van der Waals surface area contributed by atoms with E-state index in [1.54, 1.807) is 26.4 Å². The van der Waals surface area contributed by atoms with E-state index in [2.05, 4.69) is 21.8 Å². The molecule has 3 rings (SSSR count). The lowest BCUT2D eigenvalue weighted by molar-refractivity contribution is 0.190. The molecule has 1 unspecified atom stereocenters. The van der Waals surface area contributed by atoms with Gasteiger partial charge in [-0.1, -0.05) is 13.3 Å². The number of rotatable bonds is 7. The summed E-state index contributed by atoms with van der Waals surface area (Å²) in [5.74, 6) is 2.63. The second kappa shape index (κ2) is 9.48. The number of benzene rings is 1. The molecule has 2 heterocycles. The van der Waals surface area contributed by atoms with Crippen molar-refractivity contribution >= 4 is 11.7 Å². The van der Waals surface area contributed by atoms with E-state index >= 15 is 0 Å². The quantitative estimate of drug-likeness (QED) is 0.777. The molecule has 1 N–H and O–H groups in total. The van der Waals surface area contributed by atoms with Crippen molar-refractivity contribution in [2.75, 3.05) is 32.6 Å². The van der Waals surface area contributed by atoms with Crippen molar-refractivity contribution in [3.63, 3.8) is 0 Å². The van der Waals surface area contributed by atoms with Crippen LogP contribution >= 0.6 is 0 Å². The summed E-state index contributed by atoms with van der Waals surface area (Å²) in [7, 11) is 3.18. The summed E-state index contributed by atoms with van der Waals surface area (Å²) in [6.07, 6.45) is 8.23. The van der Waals surface area contributed by atoms with E-state index in [9.17, 15) is 4.79 Å². The molecule has 7 nitrogen and oxygen atoms in total. The number of imidazole rings is 1. The molecule has 1 atom stereocenters. The van der Waals surface area contributed by atoms with Crippen LogP contribution in [0.4, 0.5) is 10.5 Å². The van der Waals surface area contributed by atoms with E-state index < -0.39 is 0 Å². The third-order valence-corrected chi connectivity index (χ3v) is 5.22. The Morgan fingerprint density at radius 3 is 2.93 bits per heavy atom. The Bertz CT molecular complexity index is 790. The number of anilines is 1. The summed E-state index contributed by atoms with van der Waals surface area (Å²) < 4.78 is 12.8. The van der Waals surface area contributed by atoms with Crippen molar-refractivity contribution in [2.45, 2.75) is 45.1 Å². The molecular weight excluding hydrogens is 356 g/mol. The number of aromatic nitrogens is 2. The molecule has 0 saturated carbocycles. The van der Waals surface area contributed by atoms with Gasteiger partial charge in [0.25, 0.3) is 0 Å². The zero-order chi connectivity index (χ0) is 19.9. The van der Waals surface area contributed by atoms with Gasteiger partial charge in [0.15, 0.2) is 0 Å². The lowest BCUT2D eigenvalue weighted by atomic mass is 9.97. The summed E-state index contributed by atoms with van der Waals surface area (Å²) in [4.78, 5) is 19.3.